The first kappa shape index (κ1) is 18.3. The molecule has 4 saturated carbocycles. The van der Waals surface area contributed by atoms with Crippen molar-refractivity contribution in [2.45, 2.75) is 44.9 Å². The van der Waals surface area contributed by atoms with Gasteiger partial charge in [-0.1, -0.05) is 0 Å². The molecule has 5 fully saturated rings. The molecule has 4 aliphatic carbocycles. The second kappa shape index (κ2) is 7.13. The van der Waals surface area contributed by atoms with Crippen LogP contribution >= 0.6 is 0 Å². The molecule has 4 amide bonds. The number of amides is 4. The Bertz CT molecular complexity index is 626. The maximum absolute atomic E-state index is 12.8. The highest BCUT2D eigenvalue weighted by atomic mass is 16.5. The van der Waals surface area contributed by atoms with Gasteiger partial charge in [0.05, 0.1) is 6.42 Å². The maximum atomic E-state index is 12.8. The highest BCUT2D eigenvalue weighted by molar-refractivity contribution is 5.97. The Hall–Kier alpha value is -2.12. The van der Waals surface area contributed by atoms with Crippen LogP contribution in [-0.2, 0) is 19.1 Å². The van der Waals surface area contributed by atoms with Crippen LogP contribution in [0.5, 0.6) is 0 Å². The van der Waals surface area contributed by atoms with E-state index in [9.17, 15) is 19.2 Å². The Morgan fingerprint density at radius 3 is 2.30 bits per heavy atom. The summed E-state index contributed by atoms with van der Waals surface area (Å²) in [7, 11) is 0. The van der Waals surface area contributed by atoms with E-state index in [0.717, 1.165) is 24.2 Å². The smallest absolute Gasteiger partial charge is 0.324 e. The van der Waals surface area contributed by atoms with Gasteiger partial charge in [-0.15, -0.1) is 0 Å². The normalized spacial score (nSPS) is 33.7. The summed E-state index contributed by atoms with van der Waals surface area (Å²) in [4.78, 5) is 48.8. The lowest BCUT2D eigenvalue weighted by Gasteiger charge is -2.55. The molecule has 0 aromatic heterocycles. The molecular weight excluding hydrogens is 350 g/mol. The van der Waals surface area contributed by atoms with Crippen LogP contribution in [0, 0.1) is 23.2 Å². The topological polar surface area (TPSA) is 105 Å². The van der Waals surface area contributed by atoms with E-state index in [-0.39, 0.29) is 30.8 Å². The van der Waals surface area contributed by atoms with Crippen LogP contribution in [0.1, 0.15) is 44.9 Å². The zero-order valence-corrected chi connectivity index (χ0v) is 15.5. The number of nitrogens with zero attached hydrogens (tertiary/aromatic N) is 1. The number of ether oxygens (including phenoxy) is 1. The predicted octanol–water partition coefficient (Wildman–Crippen LogP) is 0.804. The molecule has 2 N–H and O–H groups in total. The highest BCUT2D eigenvalue weighted by Gasteiger charge is 2.54. The van der Waals surface area contributed by atoms with Gasteiger partial charge in [0.25, 0.3) is 5.91 Å². The second-order valence-electron chi connectivity index (χ2n) is 8.64. The first-order chi connectivity index (χ1) is 12.9. The molecule has 5 aliphatic rings. The average Bonchev–Trinajstić information content (AvgIpc) is 3.04. The SMILES string of the molecule is O=C(CCNC(=O)C12CC3CC(CC(C3)C1)C2)OCC(=O)N1CCNC1=O. The Balaban J connectivity index is 1.18. The van der Waals surface area contributed by atoms with Crippen LogP contribution in [-0.4, -0.2) is 55.0 Å². The van der Waals surface area contributed by atoms with Crippen LogP contribution in [0.15, 0.2) is 0 Å². The van der Waals surface area contributed by atoms with Crippen molar-refractivity contribution in [3.63, 3.8) is 0 Å². The fourth-order valence-corrected chi connectivity index (χ4v) is 5.86. The van der Waals surface area contributed by atoms with Gasteiger partial charge >= 0.3 is 12.0 Å². The monoisotopic (exact) mass is 377 g/mol. The molecule has 1 heterocycles. The van der Waals surface area contributed by atoms with Gasteiger partial charge in [-0.25, -0.2) is 4.79 Å². The Kier molecular flexibility index (Phi) is 4.82. The number of nitrogens with one attached hydrogen (secondary N) is 2. The lowest BCUT2D eigenvalue weighted by molar-refractivity contribution is -0.151. The summed E-state index contributed by atoms with van der Waals surface area (Å²) in [6, 6.07) is -0.459. The molecule has 8 nitrogen and oxygen atoms in total. The van der Waals surface area contributed by atoms with E-state index in [1.54, 1.807) is 0 Å². The van der Waals surface area contributed by atoms with Crippen LogP contribution < -0.4 is 10.6 Å². The van der Waals surface area contributed by atoms with E-state index < -0.39 is 24.5 Å². The third kappa shape index (κ3) is 3.66. The van der Waals surface area contributed by atoms with Gasteiger partial charge in [-0.3, -0.25) is 19.3 Å². The van der Waals surface area contributed by atoms with Crippen LogP contribution in [0.4, 0.5) is 4.79 Å². The van der Waals surface area contributed by atoms with Crippen LogP contribution in [0.3, 0.4) is 0 Å². The van der Waals surface area contributed by atoms with E-state index in [4.69, 9.17) is 4.74 Å². The summed E-state index contributed by atoms with van der Waals surface area (Å²) in [6.07, 6.45) is 6.83. The first-order valence-corrected chi connectivity index (χ1v) is 9.97. The zero-order chi connectivity index (χ0) is 19.0. The molecular formula is C19H27N3O5. The minimum absolute atomic E-state index is 0.0254. The minimum atomic E-state index is -0.547. The molecule has 5 rings (SSSR count). The van der Waals surface area contributed by atoms with Crippen molar-refractivity contribution in [3.05, 3.63) is 0 Å². The van der Waals surface area contributed by atoms with Crippen molar-refractivity contribution in [2.75, 3.05) is 26.2 Å². The standard InChI is InChI=1S/C19H27N3O5/c23-15(22-4-3-21-18(22)26)11-27-16(24)1-2-20-17(25)19-8-12-5-13(9-19)7-14(6-12)10-19/h12-14H,1-11H2,(H,20,25)(H,21,26). The third-order valence-corrected chi connectivity index (χ3v) is 6.65. The average molecular weight is 377 g/mol. The van der Waals surface area contributed by atoms with Gasteiger partial charge in [0, 0.05) is 25.0 Å². The molecule has 0 atom stereocenters. The molecule has 0 radical (unpaired) electrons. The number of hydrogen-bond acceptors (Lipinski definition) is 5. The summed E-state index contributed by atoms with van der Waals surface area (Å²) in [5.41, 5.74) is -0.224. The molecule has 148 valence electrons. The number of carbonyl (C=O) groups excluding carboxylic acids is 4. The Morgan fingerprint density at radius 2 is 1.74 bits per heavy atom. The third-order valence-electron chi connectivity index (χ3n) is 6.65. The largest absolute Gasteiger partial charge is 0.455 e. The van der Waals surface area contributed by atoms with Crippen LogP contribution in [0.2, 0.25) is 0 Å². The molecule has 0 aromatic rings. The summed E-state index contributed by atoms with van der Waals surface area (Å²) in [5, 5.41) is 5.44. The van der Waals surface area contributed by atoms with Crippen molar-refractivity contribution in [1.29, 1.82) is 0 Å². The Labute approximate surface area is 158 Å². The number of hydrogen-bond donors (Lipinski definition) is 2. The van der Waals surface area contributed by atoms with Gasteiger partial charge in [-0.05, 0) is 56.3 Å². The number of imide groups is 1. The number of carbonyl (C=O) groups is 4. The molecule has 1 aliphatic heterocycles. The summed E-state index contributed by atoms with van der Waals surface area (Å²) in [6.45, 7) is 0.470. The second-order valence-corrected chi connectivity index (χ2v) is 8.64. The highest BCUT2D eigenvalue weighted by Crippen LogP contribution is 2.60. The minimum Gasteiger partial charge on any atom is -0.455 e. The number of esters is 1. The molecule has 0 aromatic carbocycles. The quantitative estimate of drug-likeness (QED) is 0.667. The van der Waals surface area contributed by atoms with E-state index in [1.807, 2.05) is 0 Å². The van der Waals surface area contributed by atoms with Crippen molar-refractivity contribution < 1.29 is 23.9 Å². The predicted molar refractivity (Wildman–Crippen MR) is 94.3 cm³/mol. The summed E-state index contributed by atoms with van der Waals surface area (Å²) in [5.74, 6) is 1.09. The van der Waals surface area contributed by atoms with Gasteiger partial charge < -0.3 is 15.4 Å². The maximum Gasteiger partial charge on any atom is 0.324 e. The lowest BCUT2D eigenvalue weighted by atomic mass is 9.49. The first-order valence-electron chi connectivity index (χ1n) is 9.97. The molecule has 4 bridgehead atoms. The van der Waals surface area contributed by atoms with Crippen molar-refractivity contribution in [2.24, 2.45) is 23.2 Å². The zero-order valence-electron chi connectivity index (χ0n) is 15.5. The van der Waals surface area contributed by atoms with Crippen molar-refractivity contribution in [3.8, 4) is 0 Å². The fourth-order valence-electron chi connectivity index (χ4n) is 5.86. The van der Waals surface area contributed by atoms with Gasteiger partial charge in [-0.2, -0.15) is 0 Å². The number of urea groups is 1. The van der Waals surface area contributed by atoms with E-state index >= 15 is 0 Å². The molecule has 0 unspecified atom stereocenters. The van der Waals surface area contributed by atoms with E-state index in [0.29, 0.717) is 24.3 Å². The van der Waals surface area contributed by atoms with Gasteiger partial charge in [0.15, 0.2) is 6.61 Å². The molecule has 0 spiro atoms. The molecule has 27 heavy (non-hydrogen) atoms. The van der Waals surface area contributed by atoms with Crippen LogP contribution in [0.25, 0.3) is 0 Å². The van der Waals surface area contributed by atoms with E-state index in [1.165, 1.54) is 19.3 Å². The van der Waals surface area contributed by atoms with E-state index in [2.05, 4.69) is 10.6 Å². The summed E-state index contributed by atoms with van der Waals surface area (Å²) >= 11 is 0. The summed E-state index contributed by atoms with van der Waals surface area (Å²) < 4.78 is 4.93. The van der Waals surface area contributed by atoms with Crippen molar-refractivity contribution in [1.82, 2.24) is 15.5 Å². The van der Waals surface area contributed by atoms with Gasteiger partial charge in [0.1, 0.15) is 0 Å². The number of rotatable bonds is 6. The van der Waals surface area contributed by atoms with Gasteiger partial charge in [0.2, 0.25) is 5.91 Å². The Morgan fingerprint density at radius 1 is 1.11 bits per heavy atom. The van der Waals surface area contributed by atoms with Crippen molar-refractivity contribution >= 4 is 23.8 Å². The lowest BCUT2D eigenvalue weighted by Crippen LogP contribution is -2.53. The fraction of sp³-hybridized carbons (Fsp3) is 0.789. The molecule has 8 heteroatoms. The molecule has 1 saturated heterocycles.